The Bertz CT molecular complexity index is 1120. The van der Waals surface area contributed by atoms with E-state index < -0.39 is 12.0 Å². The van der Waals surface area contributed by atoms with Gasteiger partial charge in [-0.25, -0.2) is 9.59 Å². The summed E-state index contributed by atoms with van der Waals surface area (Å²) < 4.78 is 5.35. The predicted molar refractivity (Wildman–Crippen MR) is 117 cm³/mol. The van der Waals surface area contributed by atoms with Gasteiger partial charge in [-0.2, -0.15) is 0 Å². The highest BCUT2D eigenvalue weighted by Gasteiger charge is 2.36. The predicted octanol–water partition coefficient (Wildman–Crippen LogP) is 4.94. The maximum Gasteiger partial charge on any atom is 0.338 e. The van der Waals surface area contributed by atoms with Gasteiger partial charge in [-0.15, -0.1) is 0 Å². The van der Waals surface area contributed by atoms with Gasteiger partial charge in [-0.1, -0.05) is 66.7 Å². The molecule has 1 aliphatic heterocycles. The zero-order valence-corrected chi connectivity index (χ0v) is 17.1. The van der Waals surface area contributed by atoms with Gasteiger partial charge in [0.2, 0.25) is 0 Å². The molecular weight excluding hydrogens is 376 g/mol. The van der Waals surface area contributed by atoms with Crippen LogP contribution in [-0.4, -0.2) is 23.5 Å². The summed E-state index contributed by atoms with van der Waals surface area (Å²) >= 11 is 0. The van der Waals surface area contributed by atoms with Crippen LogP contribution in [0.25, 0.3) is 10.8 Å². The molecule has 5 nitrogen and oxygen atoms in total. The molecule has 30 heavy (non-hydrogen) atoms. The largest absolute Gasteiger partial charge is 0.463 e. The average molecular weight is 400 g/mol. The van der Waals surface area contributed by atoms with E-state index in [-0.39, 0.29) is 12.6 Å². The summed E-state index contributed by atoms with van der Waals surface area (Å²) in [5.41, 5.74) is 2.91. The second kappa shape index (κ2) is 8.41. The van der Waals surface area contributed by atoms with Gasteiger partial charge in [-0.05, 0) is 41.8 Å². The minimum absolute atomic E-state index is 0.234. The molecule has 1 atom stereocenters. The number of allylic oxidation sites excluding steroid dienone is 1. The lowest BCUT2D eigenvalue weighted by Gasteiger charge is -2.35. The second-order valence-corrected chi connectivity index (χ2v) is 7.28. The zero-order valence-electron chi connectivity index (χ0n) is 17.1. The number of hydrogen-bond donors (Lipinski definition) is 1. The molecule has 0 bridgehead atoms. The number of fused-ring (bicyclic) bond motifs is 1. The number of amides is 2. The van der Waals surface area contributed by atoms with Gasteiger partial charge in [-0.3, -0.25) is 4.90 Å². The molecule has 0 spiro atoms. The Hall–Kier alpha value is -3.60. The highest BCUT2D eigenvalue weighted by Crippen LogP contribution is 2.33. The Balaban J connectivity index is 1.77. The Kier molecular flexibility index (Phi) is 5.53. The minimum atomic E-state index is -0.562. The summed E-state index contributed by atoms with van der Waals surface area (Å²) in [4.78, 5) is 27.5. The molecule has 1 aliphatic rings. The molecule has 0 saturated heterocycles. The molecule has 0 aliphatic carbocycles. The normalized spacial score (nSPS) is 16.5. The monoisotopic (exact) mass is 400 g/mol. The molecule has 1 unspecified atom stereocenters. The van der Waals surface area contributed by atoms with Crippen molar-refractivity contribution < 1.29 is 14.3 Å². The van der Waals surface area contributed by atoms with Crippen molar-refractivity contribution in [1.82, 2.24) is 10.2 Å². The Labute approximate surface area is 176 Å². The van der Waals surface area contributed by atoms with E-state index >= 15 is 0 Å². The Morgan fingerprint density at radius 1 is 1.00 bits per heavy atom. The molecule has 1 N–H and O–H groups in total. The van der Waals surface area contributed by atoms with Gasteiger partial charge >= 0.3 is 12.0 Å². The molecule has 4 rings (SSSR count). The number of hydrogen-bond acceptors (Lipinski definition) is 3. The quantitative estimate of drug-likeness (QED) is 0.617. The van der Waals surface area contributed by atoms with Gasteiger partial charge in [0.25, 0.3) is 0 Å². The number of benzene rings is 3. The van der Waals surface area contributed by atoms with Crippen LogP contribution in [0.5, 0.6) is 0 Å². The van der Waals surface area contributed by atoms with Crippen LogP contribution in [0.1, 0.15) is 31.0 Å². The van der Waals surface area contributed by atoms with E-state index in [9.17, 15) is 9.59 Å². The first-order chi connectivity index (χ1) is 14.6. The molecule has 0 fully saturated rings. The summed E-state index contributed by atoms with van der Waals surface area (Å²) in [5, 5.41) is 5.17. The molecule has 1 heterocycles. The highest BCUT2D eigenvalue weighted by molar-refractivity contribution is 5.95. The van der Waals surface area contributed by atoms with Crippen molar-refractivity contribution in [3.63, 3.8) is 0 Å². The fourth-order valence-corrected chi connectivity index (χ4v) is 3.85. The molecule has 5 heteroatoms. The van der Waals surface area contributed by atoms with Crippen LogP contribution in [0.4, 0.5) is 4.79 Å². The zero-order chi connectivity index (χ0) is 21.1. The van der Waals surface area contributed by atoms with Crippen molar-refractivity contribution in [2.75, 3.05) is 6.61 Å². The van der Waals surface area contributed by atoms with Gasteiger partial charge in [0, 0.05) is 5.70 Å². The van der Waals surface area contributed by atoms with E-state index in [4.69, 9.17) is 4.74 Å². The van der Waals surface area contributed by atoms with Crippen LogP contribution in [0.3, 0.4) is 0 Å². The van der Waals surface area contributed by atoms with E-state index in [1.165, 1.54) is 0 Å². The van der Waals surface area contributed by atoms with Crippen molar-refractivity contribution in [1.29, 1.82) is 0 Å². The number of nitrogens with zero attached hydrogens (tertiary/aromatic N) is 1. The van der Waals surface area contributed by atoms with Crippen molar-refractivity contribution >= 4 is 22.8 Å². The molecule has 152 valence electrons. The molecule has 0 aromatic heterocycles. The third-order valence-electron chi connectivity index (χ3n) is 5.38. The van der Waals surface area contributed by atoms with Crippen LogP contribution in [0, 0.1) is 0 Å². The topological polar surface area (TPSA) is 58.6 Å². The molecular formula is C25H24N2O3. The Morgan fingerprint density at radius 2 is 1.70 bits per heavy atom. The van der Waals surface area contributed by atoms with Gasteiger partial charge in [0.15, 0.2) is 0 Å². The van der Waals surface area contributed by atoms with Crippen molar-refractivity contribution in [2.24, 2.45) is 0 Å². The molecule has 0 saturated carbocycles. The van der Waals surface area contributed by atoms with Gasteiger partial charge in [0.1, 0.15) is 0 Å². The molecule has 0 radical (unpaired) electrons. The smallest absolute Gasteiger partial charge is 0.338 e. The number of rotatable bonds is 5. The minimum Gasteiger partial charge on any atom is -0.463 e. The number of ether oxygens (including phenoxy) is 1. The standard InChI is InChI=1S/C25H24N2O3/c1-3-30-24(28)22-17(2)27(16-18-9-5-4-6-10-18)25(29)26-23(22)21-14-13-19-11-7-8-12-20(19)15-21/h4-15,23H,3,16H2,1-2H3,(H,26,29). The first-order valence-electron chi connectivity index (χ1n) is 10.1. The van der Waals surface area contributed by atoms with Crippen LogP contribution in [0.15, 0.2) is 84.1 Å². The SMILES string of the molecule is CCOC(=O)C1=C(C)N(Cc2ccccc2)C(=O)NC1c1ccc2ccccc2c1. The number of urea groups is 1. The maximum absolute atomic E-state index is 13.0. The first-order valence-corrected chi connectivity index (χ1v) is 10.1. The second-order valence-electron chi connectivity index (χ2n) is 7.28. The van der Waals surface area contributed by atoms with E-state index in [0.29, 0.717) is 17.8 Å². The van der Waals surface area contributed by atoms with Crippen molar-refractivity contribution in [2.45, 2.75) is 26.4 Å². The van der Waals surface area contributed by atoms with E-state index in [2.05, 4.69) is 5.32 Å². The summed E-state index contributed by atoms with van der Waals surface area (Å²) in [5.74, 6) is -0.411. The lowest BCUT2D eigenvalue weighted by atomic mass is 9.93. The summed E-state index contributed by atoms with van der Waals surface area (Å²) in [7, 11) is 0. The number of nitrogens with one attached hydrogen (secondary N) is 1. The highest BCUT2D eigenvalue weighted by atomic mass is 16.5. The first kappa shape index (κ1) is 19.7. The van der Waals surface area contributed by atoms with Crippen LogP contribution in [0.2, 0.25) is 0 Å². The summed E-state index contributed by atoms with van der Waals surface area (Å²) in [6.07, 6.45) is 0. The van der Waals surface area contributed by atoms with Crippen LogP contribution in [-0.2, 0) is 16.1 Å². The Morgan fingerprint density at radius 3 is 2.43 bits per heavy atom. The molecule has 3 aromatic rings. The maximum atomic E-state index is 13.0. The van der Waals surface area contributed by atoms with Crippen molar-refractivity contribution in [3.05, 3.63) is 95.2 Å². The summed E-state index contributed by atoms with van der Waals surface area (Å²) in [6, 6.07) is 22.9. The fourth-order valence-electron chi connectivity index (χ4n) is 3.85. The lowest BCUT2D eigenvalue weighted by Crippen LogP contribution is -2.47. The lowest BCUT2D eigenvalue weighted by molar-refractivity contribution is -0.139. The van der Waals surface area contributed by atoms with Gasteiger partial charge < -0.3 is 10.1 Å². The number of carbonyl (C=O) groups is 2. The average Bonchev–Trinajstić information content (AvgIpc) is 2.76. The third kappa shape index (κ3) is 3.79. The van der Waals surface area contributed by atoms with E-state index in [1.807, 2.05) is 79.7 Å². The fraction of sp³-hybridized carbons (Fsp3) is 0.200. The van der Waals surface area contributed by atoms with E-state index in [0.717, 1.165) is 21.9 Å². The van der Waals surface area contributed by atoms with Crippen LogP contribution < -0.4 is 5.32 Å². The van der Waals surface area contributed by atoms with Crippen LogP contribution >= 0.6 is 0 Å². The van der Waals surface area contributed by atoms with Crippen molar-refractivity contribution in [3.8, 4) is 0 Å². The van der Waals surface area contributed by atoms with E-state index in [1.54, 1.807) is 11.8 Å². The number of esters is 1. The molecule has 3 aromatic carbocycles. The third-order valence-corrected chi connectivity index (χ3v) is 5.38. The summed E-state index contributed by atoms with van der Waals surface area (Å²) in [6.45, 7) is 4.24. The molecule has 2 amide bonds. The van der Waals surface area contributed by atoms with Gasteiger partial charge in [0.05, 0.1) is 24.8 Å². The number of carbonyl (C=O) groups excluding carboxylic acids is 2.